The normalized spacial score (nSPS) is 15.2. The van der Waals surface area contributed by atoms with E-state index in [-0.39, 0.29) is 5.84 Å². The summed E-state index contributed by atoms with van der Waals surface area (Å²) in [6, 6.07) is 6.93. The number of thiophene rings is 1. The molecular weight excluding hydrogens is 289 g/mol. The molecule has 0 amide bonds. The molecule has 0 spiro atoms. The Labute approximate surface area is 126 Å². The van der Waals surface area contributed by atoms with Gasteiger partial charge in [-0.15, -0.1) is 0 Å². The second kappa shape index (κ2) is 5.73. The van der Waals surface area contributed by atoms with Gasteiger partial charge >= 0.3 is 0 Å². The van der Waals surface area contributed by atoms with Crippen molar-refractivity contribution in [2.75, 3.05) is 4.90 Å². The highest BCUT2D eigenvalue weighted by molar-refractivity contribution is 7.07. The fourth-order valence-corrected chi connectivity index (χ4v) is 3.05. The van der Waals surface area contributed by atoms with Crippen molar-refractivity contribution in [3.05, 3.63) is 52.0 Å². The van der Waals surface area contributed by atoms with Crippen LogP contribution in [0.5, 0.6) is 0 Å². The maximum atomic E-state index is 13.5. The average molecular weight is 305 g/mol. The van der Waals surface area contributed by atoms with Crippen molar-refractivity contribution in [3.8, 4) is 0 Å². The van der Waals surface area contributed by atoms with Gasteiger partial charge in [-0.3, -0.25) is 0 Å². The Balaban J connectivity index is 1.99. The molecule has 3 N–H and O–H groups in total. The summed E-state index contributed by atoms with van der Waals surface area (Å²) >= 11 is 1.65. The maximum Gasteiger partial charge on any atom is 0.172 e. The van der Waals surface area contributed by atoms with Gasteiger partial charge in [0.1, 0.15) is 5.82 Å². The number of halogens is 1. The molecule has 1 aromatic heterocycles. The number of hydrogen-bond donors (Lipinski definition) is 2. The Morgan fingerprint density at radius 1 is 1.43 bits per heavy atom. The van der Waals surface area contributed by atoms with Gasteiger partial charge in [-0.2, -0.15) is 11.3 Å². The lowest BCUT2D eigenvalue weighted by Crippen LogP contribution is -2.28. The first-order valence-corrected chi connectivity index (χ1v) is 7.68. The molecule has 0 unspecified atom stereocenters. The van der Waals surface area contributed by atoms with Crippen LogP contribution in [0, 0.1) is 5.82 Å². The van der Waals surface area contributed by atoms with Gasteiger partial charge in [0, 0.05) is 23.8 Å². The molecule has 1 heterocycles. The quantitative estimate of drug-likeness (QED) is 0.386. The highest BCUT2D eigenvalue weighted by atomic mass is 32.1. The molecule has 0 radical (unpaired) electrons. The molecule has 1 saturated carbocycles. The topological polar surface area (TPSA) is 61.9 Å². The van der Waals surface area contributed by atoms with Crippen molar-refractivity contribution in [2.24, 2.45) is 10.9 Å². The monoisotopic (exact) mass is 305 g/mol. The third-order valence-corrected chi connectivity index (χ3v) is 4.30. The Hall–Kier alpha value is -2.08. The summed E-state index contributed by atoms with van der Waals surface area (Å²) in [4.78, 5) is 2.20. The van der Waals surface area contributed by atoms with E-state index in [1.165, 1.54) is 17.7 Å². The molecule has 1 aliphatic rings. The van der Waals surface area contributed by atoms with Crippen LogP contribution in [0.4, 0.5) is 10.1 Å². The predicted octanol–water partition coefficient (Wildman–Crippen LogP) is 3.15. The molecule has 21 heavy (non-hydrogen) atoms. The lowest BCUT2D eigenvalue weighted by Gasteiger charge is -2.26. The SMILES string of the molecule is NC(=NO)c1cc(F)ccc1N(Cc1ccsc1)C1CC1. The molecule has 0 aliphatic heterocycles. The van der Waals surface area contributed by atoms with Crippen molar-refractivity contribution < 1.29 is 9.60 Å². The number of oxime groups is 1. The zero-order valence-corrected chi connectivity index (χ0v) is 12.2. The molecule has 1 fully saturated rings. The molecule has 4 nitrogen and oxygen atoms in total. The molecule has 1 aromatic carbocycles. The van der Waals surface area contributed by atoms with Gasteiger partial charge in [0.05, 0.1) is 0 Å². The highest BCUT2D eigenvalue weighted by Crippen LogP contribution is 2.35. The van der Waals surface area contributed by atoms with Crippen molar-refractivity contribution in [2.45, 2.75) is 25.4 Å². The molecule has 0 atom stereocenters. The van der Waals surface area contributed by atoms with Crippen LogP contribution >= 0.6 is 11.3 Å². The third kappa shape index (κ3) is 3.00. The summed E-state index contributed by atoms with van der Waals surface area (Å²) in [5, 5.41) is 16.1. The van der Waals surface area contributed by atoms with Crippen LogP contribution in [0.25, 0.3) is 0 Å². The predicted molar refractivity (Wildman–Crippen MR) is 82.4 cm³/mol. The summed E-state index contributed by atoms with van der Waals surface area (Å²) < 4.78 is 13.5. The van der Waals surface area contributed by atoms with Gasteiger partial charge in [0.25, 0.3) is 0 Å². The Morgan fingerprint density at radius 2 is 2.24 bits per heavy atom. The second-order valence-electron chi connectivity index (χ2n) is 5.14. The van der Waals surface area contributed by atoms with Crippen molar-refractivity contribution >= 4 is 22.9 Å². The van der Waals surface area contributed by atoms with E-state index in [1.54, 1.807) is 17.4 Å². The minimum Gasteiger partial charge on any atom is -0.409 e. The number of benzene rings is 1. The second-order valence-corrected chi connectivity index (χ2v) is 5.92. The largest absolute Gasteiger partial charge is 0.409 e. The molecule has 3 rings (SSSR count). The van der Waals surface area contributed by atoms with Gasteiger partial charge < -0.3 is 15.8 Å². The summed E-state index contributed by atoms with van der Waals surface area (Å²) in [7, 11) is 0. The molecule has 0 saturated heterocycles. The first kappa shape index (κ1) is 13.9. The van der Waals surface area contributed by atoms with Crippen molar-refractivity contribution in [1.82, 2.24) is 0 Å². The van der Waals surface area contributed by atoms with Gasteiger partial charge in [-0.1, -0.05) is 5.16 Å². The van der Waals surface area contributed by atoms with Crippen molar-refractivity contribution in [1.29, 1.82) is 0 Å². The number of nitrogens with two attached hydrogens (primary N) is 1. The molecule has 6 heteroatoms. The number of amidine groups is 1. The maximum absolute atomic E-state index is 13.5. The zero-order valence-electron chi connectivity index (χ0n) is 11.4. The summed E-state index contributed by atoms with van der Waals surface area (Å²) in [5.41, 5.74) is 8.15. The minimum absolute atomic E-state index is 0.0690. The number of nitrogens with zero attached hydrogens (tertiary/aromatic N) is 2. The Morgan fingerprint density at radius 3 is 2.86 bits per heavy atom. The van der Waals surface area contributed by atoms with Crippen LogP contribution < -0.4 is 10.6 Å². The van der Waals surface area contributed by atoms with Crippen LogP contribution in [0.15, 0.2) is 40.2 Å². The van der Waals surface area contributed by atoms with Gasteiger partial charge in [0.2, 0.25) is 0 Å². The summed E-state index contributed by atoms with van der Waals surface area (Å²) in [5.74, 6) is -0.466. The first-order valence-electron chi connectivity index (χ1n) is 6.74. The standard InChI is InChI=1S/C15H16FN3OS/c16-11-1-4-14(13(7-11)15(17)18-20)19(12-2-3-12)8-10-5-6-21-9-10/h1,4-7,9,12,20H,2-3,8H2,(H2,17,18). The average Bonchev–Trinajstić information content (AvgIpc) is 3.21. The minimum atomic E-state index is -0.397. The van der Waals surface area contributed by atoms with Crippen LogP contribution in [-0.4, -0.2) is 17.1 Å². The van der Waals surface area contributed by atoms with Crippen LogP contribution in [-0.2, 0) is 6.54 Å². The van der Waals surface area contributed by atoms with Gasteiger partial charge in [-0.25, -0.2) is 4.39 Å². The molecule has 1 aliphatic carbocycles. The van der Waals surface area contributed by atoms with Crippen LogP contribution in [0.1, 0.15) is 24.0 Å². The summed E-state index contributed by atoms with van der Waals surface area (Å²) in [6.07, 6.45) is 2.22. The Kier molecular flexibility index (Phi) is 3.79. The van der Waals surface area contributed by atoms with E-state index in [0.29, 0.717) is 11.6 Å². The molecular formula is C15H16FN3OS. The van der Waals surface area contributed by atoms with E-state index >= 15 is 0 Å². The summed E-state index contributed by atoms with van der Waals surface area (Å²) in [6.45, 7) is 0.742. The zero-order chi connectivity index (χ0) is 14.8. The fourth-order valence-electron chi connectivity index (χ4n) is 2.39. The van der Waals surface area contributed by atoms with E-state index in [1.807, 2.05) is 5.38 Å². The van der Waals surface area contributed by atoms with Crippen LogP contribution in [0.3, 0.4) is 0 Å². The van der Waals surface area contributed by atoms with Crippen molar-refractivity contribution in [3.63, 3.8) is 0 Å². The lowest BCUT2D eigenvalue weighted by molar-refractivity contribution is 0.318. The Bertz CT molecular complexity index is 653. The smallest absolute Gasteiger partial charge is 0.172 e. The van der Waals surface area contributed by atoms with E-state index in [0.717, 1.165) is 25.1 Å². The lowest BCUT2D eigenvalue weighted by atomic mass is 10.1. The number of rotatable bonds is 5. The molecule has 2 aromatic rings. The molecule has 110 valence electrons. The van der Waals surface area contributed by atoms with Crippen LogP contribution in [0.2, 0.25) is 0 Å². The molecule has 0 bridgehead atoms. The number of anilines is 1. The number of hydrogen-bond acceptors (Lipinski definition) is 4. The third-order valence-electron chi connectivity index (χ3n) is 3.57. The van der Waals surface area contributed by atoms with E-state index < -0.39 is 5.82 Å². The highest BCUT2D eigenvalue weighted by Gasteiger charge is 2.31. The van der Waals surface area contributed by atoms with Gasteiger partial charge in [0.15, 0.2) is 5.84 Å². The van der Waals surface area contributed by atoms with E-state index in [2.05, 4.69) is 21.5 Å². The van der Waals surface area contributed by atoms with Gasteiger partial charge in [-0.05, 0) is 53.4 Å². The van der Waals surface area contributed by atoms with E-state index in [4.69, 9.17) is 10.9 Å². The first-order chi connectivity index (χ1) is 10.2. The fraction of sp³-hybridized carbons (Fsp3) is 0.267. The van der Waals surface area contributed by atoms with E-state index in [9.17, 15) is 4.39 Å².